The predicted octanol–water partition coefficient (Wildman–Crippen LogP) is 1.98. The summed E-state index contributed by atoms with van der Waals surface area (Å²) in [4.78, 5) is 25.3. The van der Waals surface area contributed by atoms with Crippen molar-refractivity contribution in [2.45, 2.75) is 18.7 Å². The number of thiocarbonyl (C=S) groups is 1. The lowest BCUT2D eigenvalue weighted by Crippen LogP contribution is -2.34. The first-order chi connectivity index (χ1) is 9.13. The van der Waals surface area contributed by atoms with E-state index in [4.69, 9.17) is 17.0 Å². The highest BCUT2D eigenvalue weighted by atomic mass is 32.2. The van der Waals surface area contributed by atoms with Crippen molar-refractivity contribution in [2.75, 3.05) is 6.61 Å². The predicted molar refractivity (Wildman–Crippen MR) is 77.6 cm³/mol. The summed E-state index contributed by atoms with van der Waals surface area (Å²) in [5.74, 6) is -0.812. The zero-order valence-electron chi connectivity index (χ0n) is 10.4. The van der Waals surface area contributed by atoms with Gasteiger partial charge in [0, 0.05) is 0 Å². The SMILES string of the molecule is CCOC(=O)C1SC(=S)N(Cc2ccccc2)C1=O. The molecule has 0 N–H and O–H groups in total. The maximum absolute atomic E-state index is 12.2. The van der Waals surface area contributed by atoms with Gasteiger partial charge in [0.2, 0.25) is 0 Å². The summed E-state index contributed by atoms with van der Waals surface area (Å²) < 4.78 is 5.30. The van der Waals surface area contributed by atoms with Crippen molar-refractivity contribution in [3.05, 3.63) is 35.9 Å². The number of nitrogens with zero attached hydrogens (tertiary/aromatic N) is 1. The Morgan fingerprint density at radius 3 is 2.74 bits per heavy atom. The molecule has 1 aromatic rings. The lowest BCUT2D eigenvalue weighted by Gasteiger charge is -2.15. The Bertz CT molecular complexity index is 504. The number of amides is 1. The van der Waals surface area contributed by atoms with Crippen molar-refractivity contribution in [2.24, 2.45) is 0 Å². The molecule has 100 valence electrons. The molecule has 0 radical (unpaired) electrons. The minimum Gasteiger partial charge on any atom is -0.465 e. The molecular formula is C13H13NO3S2. The van der Waals surface area contributed by atoms with Crippen molar-refractivity contribution < 1.29 is 14.3 Å². The van der Waals surface area contributed by atoms with Crippen molar-refractivity contribution in [1.82, 2.24) is 4.90 Å². The normalized spacial score (nSPS) is 18.8. The standard InChI is InChI=1S/C13H13NO3S2/c1-2-17-12(16)10-11(15)14(13(18)19-10)8-9-6-4-3-5-7-9/h3-7,10H,2,8H2,1H3. The summed E-state index contributed by atoms with van der Waals surface area (Å²) in [7, 11) is 0. The van der Waals surface area contributed by atoms with Gasteiger partial charge in [-0.3, -0.25) is 14.5 Å². The van der Waals surface area contributed by atoms with Crippen molar-refractivity contribution in [3.63, 3.8) is 0 Å². The second-order valence-electron chi connectivity index (χ2n) is 3.93. The molecule has 2 rings (SSSR count). The lowest BCUT2D eigenvalue weighted by molar-refractivity contribution is -0.146. The van der Waals surface area contributed by atoms with Gasteiger partial charge >= 0.3 is 5.97 Å². The zero-order valence-corrected chi connectivity index (χ0v) is 12.0. The molecular weight excluding hydrogens is 282 g/mol. The number of benzene rings is 1. The molecule has 0 bridgehead atoms. The Kier molecular flexibility index (Phi) is 4.55. The van der Waals surface area contributed by atoms with Crippen molar-refractivity contribution in [1.29, 1.82) is 0 Å². The molecule has 1 unspecified atom stereocenters. The number of ether oxygens (including phenoxy) is 1. The highest BCUT2D eigenvalue weighted by molar-refractivity contribution is 8.24. The fourth-order valence-corrected chi connectivity index (χ4v) is 3.04. The average Bonchev–Trinajstić information content (AvgIpc) is 2.68. The third-order valence-electron chi connectivity index (χ3n) is 2.61. The number of thioether (sulfide) groups is 1. The molecule has 0 aliphatic carbocycles. The molecule has 1 aromatic carbocycles. The van der Waals surface area contributed by atoms with Crippen LogP contribution in [0.1, 0.15) is 12.5 Å². The fourth-order valence-electron chi connectivity index (χ4n) is 1.72. The second kappa shape index (κ2) is 6.16. The van der Waals surface area contributed by atoms with Gasteiger partial charge in [-0.05, 0) is 12.5 Å². The van der Waals surface area contributed by atoms with Crippen LogP contribution < -0.4 is 0 Å². The third-order valence-corrected chi connectivity index (χ3v) is 4.17. The van der Waals surface area contributed by atoms with Crippen LogP contribution in [0.15, 0.2) is 30.3 Å². The van der Waals surface area contributed by atoms with E-state index in [0.29, 0.717) is 10.9 Å². The van der Waals surface area contributed by atoms with Gasteiger partial charge in [0.05, 0.1) is 13.2 Å². The van der Waals surface area contributed by atoms with Crippen LogP contribution in [0.2, 0.25) is 0 Å². The molecule has 1 aliphatic rings. The van der Waals surface area contributed by atoms with Crippen LogP contribution in [0, 0.1) is 0 Å². The van der Waals surface area contributed by atoms with E-state index in [1.807, 2.05) is 30.3 Å². The third kappa shape index (κ3) is 3.13. The highest BCUT2D eigenvalue weighted by Crippen LogP contribution is 2.29. The van der Waals surface area contributed by atoms with Gasteiger partial charge in [0.25, 0.3) is 5.91 Å². The Morgan fingerprint density at radius 1 is 1.42 bits per heavy atom. The second-order valence-corrected chi connectivity index (χ2v) is 5.66. The van der Waals surface area contributed by atoms with E-state index in [2.05, 4.69) is 0 Å². The van der Waals surface area contributed by atoms with Gasteiger partial charge < -0.3 is 4.74 Å². The van der Waals surface area contributed by atoms with Crippen molar-refractivity contribution >= 4 is 40.2 Å². The van der Waals surface area contributed by atoms with Crippen LogP contribution in [-0.4, -0.2) is 33.0 Å². The molecule has 1 aliphatic heterocycles. The molecule has 0 aromatic heterocycles. The van der Waals surface area contributed by atoms with Crippen LogP contribution in [0.4, 0.5) is 0 Å². The summed E-state index contributed by atoms with van der Waals surface area (Å²) in [5, 5.41) is -0.851. The quantitative estimate of drug-likeness (QED) is 0.483. The van der Waals surface area contributed by atoms with Gasteiger partial charge in [-0.1, -0.05) is 54.3 Å². The van der Waals surface area contributed by atoms with Crippen LogP contribution in [-0.2, 0) is 20.9 Å². The topological polar surface area (TPSA) is 46.6 Å². The van der Waals surface area contributed by atoms with E-state index in [-0.39, 0.29) is 12.5 Å². The summed E-state index contributed by atoms with van der Waals surface area (Å²) >= 11 is 6.24. The Balaban J connectivity index is 2.09. The van der Waals surface area contributed by atoms with Gasteiger partial charge in [-0.25, -0.2) is 0 Å². The summed E-state index contributed by atoms with van der Waals surface area (Å²) in [6.07, 6.45) is 0. The molecule has 1 amide bonds. The summed E-state index contributed by atoms with van der Waals surface area (Å²) in [5.41, 5.74) is 0.975. The molecule has 1 fully saturated rings. The minimum absolute atomic E-state index is 0.259. The molecule has 0 saturated carbocycles. The molecule has 1 heterocycles. The average molecular weight is 295 g/mol. The minimum atomic E-state index is -0.851. The van der Waals surface area contributed by atoms with E-state index in [9.17, 15) is 9.59 Å². The van der Waals surface area contributed by atoms with Gasteiger partial charge in [0.15, 0.2) is 5.25 Å². The van der Waals surface area contributed by atoms with Gasteiger partial charge in [-0.15, -0.1) is 0 Å². The van der Waals surface area contributed by atoms with Crippen molar-refractivity contribution in [3.8, 4) is 0 Å². The number of carbonyl (C=O) groups excluding carboxylic acids is 2. The maximum atomic E-state index is 12.2. The number of hydrogen-bond donors (Lipinski definition) is 0. The Hall–Kier alpha value is -1.40. The van der Waals surface area contributed by atoms with Crippen LogP contribution in [0.3, 0.4) is 0 Å². The Morgan fingerprint density at radius 2 is 2.11 bits per heavy atom. The van der Waals surface area contributed by atoms with E-state index in [1.54, 1.807) is 6.92 Å². The van der Waals surface area contributed by atoms with E-state index >= 15 is 0 Å². The van der Waals surface area contributed by atoms with Gasteiger partial charge in [-0.2, -0.15) is 0 Å². The molecule has 19 heavy (non-hydrogen) atoms. The van der Waals surface area contributed by atoms with Crippen LogP contribution in [0.25, 0.3) is 0 Å². The zero-order chi connectivity index (χ0) is 13.8. The summed E-state index contributed by atoms with van der Waals surface area (Å²) in [6.45, 7) is 2.36. The van der Waals surface area contributed by atoms with E-state index in [0.717, 1.165) is 17.3 Å². The summed E-state index contributed by atoms with van der Waals surface area (Å²) in [6, 6.07) is 9.53. The molecule has 1 saturated heterocycles. The van der Waals surface area contributed by atoms with Crippen LogP contribution >= 0.6 is 24.0 Å². The number of rotatable bonds is 4. The largest absolute Gasteiger partial charge is 0.465 e. The smallest absolute Gasteiger partial charge is 0.329 e. The van der Waals surface area contributed by atoms with Crippen LogP contribution in [0.5, 0.6) is 0 Å². The first kappa shape index (κ1) is 14.0. The van der Waals surface area contributed by atoms with E-state index in [1.165, 1.54) is 4.90 Å². The molecule has 0 spiro atoms. The number of hydrogen-bond acceptors (Lipinski definition) is 5. The first-order valence-electron chi connectivity index (χ1n) is 5.86. The molecule has 6 heteroatoms. The fraction of sp³-hybridized carbons (Fsp3) is 0.308. The monoisotopic (exact) mass is 295 g/mol. The molecule has 1 atom stereocenters. The van der Waals surface area contributed by atoms with Gasteiger partial charge in [0.1, 0.15) is 4.32 Å². The van der Waals surface area contributed by atoms with E-state index < -0.39 is 11.2 Å². The Labute approximate surface area is 121 Å². The number of esters is 1. The molecule has 4 nitrogen and oxygen atoms in total. The highest BCUT2D eigenvalue weighted by Gasteiger charge is 2.42. The lowest BCUT2D eigenvalue weighted by atomic mass is 10.2. The number of carbonyl (C=O) groups is 2. The first-order valence-corrected chi connectivity index (χ1v) is 7.15. The maximum Gasteiger partial charge on any atom is 0.329 e.